The van der Waals surface area contributed by atoms with Gasteiger partial charge in [0.05, 0.1) is 13.2 Å². The molecule has 0 aliphatic rings. The van der Waals surface area contributed by atoms with E-state index in [9.17, 15) is 0 Å². The van der Waals surface area contributed by atoms with E-state index in [0.717, 1.165) is 24.5 Å². The summed E-state index contributed by atoms with van der Waals surface area (Å²) in [5.74, 6) is 1.45. The standard InChI is InChI=1S/C17H24N4OS/c1-4-10-22-16-14(6-5-9-19-16)11-20-17(18-3)21-12-15-8-7-13(2)23-15/h5-9H,4,10-12H2,1-3H3,(H2,18,20,21). The molecule has 0 saturated carbocycles. The van der Waals surface area contributed by atoms with E-state index in [4.69, 9.17) is 4.74 Å². The van der Waals surface area contributed by atoms with E-state index in [2.05, 4.69) is 46.6 Å². The van der Waals surface area contributed by atoms with Crippen LogP contribution in [0.25, 0.3) is 0 Å². The average molecular weight is 332 g/mol. The number of aromatic nitrogens is 1. The van der Waals surface area contributed by atoms with Crippen LogP contribution in [0, 0.1) is 6.92 Å². The summed E-state index contributed by atoms with van der Waals surface area (Å²) in [5, 5.41) is 6.62. The molecule has 0 saturated heterocycles. The molecule has 2 aromatic rings. The number of guanidine groups is 1. The highest BCUT2D eigenvalue weighted by atomic mass is 32.1. The lowest BCUT2D eigenvalue weighted by Crippen LogP contribution is -2.36. The SMILES string of the molecule is CCCOc1ncccc1CNC(=NC)NCc1ccc(C)s1. The summed E-state index contributed by atoms with van der Waals surface area (Å²) in [5.41, 5.74) is 1.02. The molecule has 0 radical (unpaired) electrons. The van der Waals surface area contributed by atoms with Crippen molar-refractivity contribution >= 4 is 17.3 Å². The van der Waals surface area contributed by atoms with Crippen molar-refractivity contribution in [3.63, 3.8) is 0 Å². The quantitative estimate of drug-likeness (QED) is 0.604. The van der Waals surface area contributed by atoms with E-state index in [1.165, 1.54) is 9.75 Å². The maximum atomic E-state index is 5.67. The number of aliphatic imine (C=N–C) groups is 1. The Balaban J connectivity index is 1.88. The van der Waals surface area contributed by atoms with Gasteiger partial charge in [-0.3, -0.25) is 4.99 Å². The Morgan fingerprint density at radius 2 is 2.09 bits per heavy atom. The molecule has 2 rings (SSSR count). The van der Waals surface area contributed by atoms with Crippen LogP contribution in [0.1, 0.15) is 28.7 Å². The first-order valence-corrected chi connectivity index (χ1v) is 8.61. The molecule has 2 heterocycles. The molecular formula is C17H24N4OS. The van der Waals surface area contributed by atoms with Crippen molar-refractivity contribution in [1.29, 1.82) is 0 Å². The molecule has 2 N–H and O–H groups in total. The van der Waals surface area contributed by atoms with Crippen molar-refractivity contribution in [1.82, 2.24) is 15.6 Å². The minimum absolute atomic E-state index is 0.621. The smallest absolute Gasteiger partial charge is 0.218 e. The summed E-state index contributed by atoms with van der Waals surface area (Å²) >= 11 is 1.79. The lowest BCUT2D eigenvalue weighted by atomic mass is 10.2. The van der Waals surface area contributed by atoms with E-state index >= 15 is 0 Å². The highest BCUT2D eigenvalue weighted by molar-refractivity contribution is 7.11. The van der Waals surface area contributed by atoms with Crippen LogP contribution in [0.4, 0.5) is 0 Å². The van der Waals surface area contributed by atoms with E-state index in [1.54, 1.807) is 24.6 Å². The number of nitrogens with zero attached hydrogens (tertiary/aromatic N) is 2. The van der Waals surface area contributed by atoms with Crippen LogP contribution in [-0.4, -0.2) is 24.6 Å². The Hall–Kier alpha value is -2.08. The van der Waals surface area contributed by atoms with Crippen molar-refractivity contribution in [2.24, 2.45) is 4.99 Å². The molecule has 0 bridgehead atoms. The first-order chi connectivity index (χ1) is 11.2. The zero-order valence-electron chi connectivity index (χ0n) is 13.9. The van der Waals surface area contributed by atoms with E-state index in [0.29, 0.717) is 19.0 Å². The van der Waals surface area contributed by atoms with Crippen molar-refractivity contribution in [2.75, 3.05) is 13.7 Å². The summed E-state index contributed by atoms with van der Waals surface area (Å²) in [6, 6.07) is 8.20. The van der Waals surface area contributed by atoms with Gasteiger partial charge in [-0.1, -0.05) is 13.0 Å². The average Bonchev–Trinajstić information content (AvgIpc) is 2.99. The molecule has 0 spiro atoms. The number of pyridine rings is 1. The second-order valence-electron chi connectivity index (χ2n) is 5.11. The van der Waals surface area contributed by atoms with Gasteiger partial charge < -0.3 is 15.4 Å². The zero-order chi connectivity index (χ0) is 16.5. The lowest BCUT2D eigenvalue weighted by Gasteiger charge is -2.13. The summed E-state index contributed by atoms with van der Waals surface area (Å²) in [6.45, 7) is 6.26. The topological polar surface area (TPSA) is 58.5 Å². The van der Waals surface area contributed by atoms with E-state index in [1.807, 2.05) is 12.1 Å². The predicted molar refractivity (Wildman–Crippen MR) is 96.1 cm³/mol. The van der Waals surface area contributed by atoms with Gasteiger partial charge in [0.25, 0.3) is 0 Å². The van der Waals surface area contributed by atoms with Gasteiger partial charge in [-0.05, 0) is 31.5 Å². The van der Waals surface area contributed by atoms with Gasteiger partial charge >= 0.3 is 0 Å². The lowest BCUT2D eigenvalue weighted by molar-refractivity contribution is 0.301. The maximum Gasteiger partial charge on any atom is 0.218 e. The van der Waals surface area contributed by atoms with E-state index in [-0.39, 0.29) is 0 Å². The number of nitrogens with one attached hydrogen (secondary N) is 2. The van der Waals surface area contributed by atoms with Crippen molar-refractivity contribution in [2.45, 2.75) is 33.4 Å². The van der Waals surface area contributed by atoms with Crippen LogP contribution in [0.5, 0.6) is 5.88 Å². The van der Waals surface area contributed by atoms with Crippen molar-refractivity contribution < 1.29 is 4.74 Å². The number of ether oxygens (including phenoxy) is 1. The van der Waals surface area contributed by atoms with Gasteiger partial charge in [-0.2, -0.15) is 0 Å². The zero-order valence-corrected chi connectivity index (χ0v) is 14.7. The summed E-state index contributed by atoms with van der Waals surface area (Å²) in [4.78, 5) is 11.2. The van der Waals surface area contributed by atoms with Crippen LogP contribution in [0.3, 0.4) is 0 Å². The fraction of sp³-hybridized carbons (Fsp3) is 0.412. The number of hydrogen-bond donors (Lipinski definition) is 2. The molecule has 124 valence electrons. The van der Waals surface area contributed by atoms with Crippen molar-refractivity contribution in [3.05, 3.63) is 45.8 Å². The fourth-order valence-corrected chi connectivity index (χ4v) is 2.87. The molecule has 6 heteroatoms. The molecule has 5 nitrogen and oxygen atoms in total. The van der Waals surface area contributed by atoms with Crippen LogP contribution in [0.15, 0.2) is 35.5 Å². The number of hydrogen-bond acceptors (Lipinski definition) is 4. The second kappa shape index (κ2) is 9.15. The molecule has 0 unspecified atom stereocenters. The van der Waals surface area contributed by atoms with Gasteiger partial charge in [-0.15, -0.1) is 11.3 Å². The first kappa shape index (κ1) is 17.3. The molecule has 0 aliphatic heterocycles. The van der Waals surface area contributed by atoms with Gasteiger partial charge in [0, 0.05) is 35.1 Å². The first-order valence-electron chi connectivity index (χ1n) is 7.79. The Morgan fingerprint density at radius 1 is 1.26 bits per heavy atom. The molecule has 0 amide bonds. The van der Waals surface area contributed by atoms with Crippen molar-refractivity contribution in [3.8, 4) is 5.88 Å². The maximum absolute atomic E-state index is 5.67. The minimum Gasteiger partial charge on any atom is -0.477 e. The van der Waals surface area contributed by atoms with Gasteiger partial charge in [-0.25, -0.2) is 4.98 Å². The summed E-state index contributed by atoms with van der Waals surface area (Å²) in [6.07, 6.45) is 2.72. The third-order valence-electron chi connectivity index (χ3n) is 3.19. The largest absolute Gasteiger partial charge is 0.477 e. The normalized spacial score (nSPS) is 11.3. The highest BCUT2D eigenvalue weighted by Gasteiger charge is 2.06. The molecule has 23 heavy (non-hydrogen) atoms. The number of rotatable bonds is 7. The Bertz CT molecular complexity index is 639. The van der Waals surface area contributed by atoms with Crippen LogP contribution < -0.4 is 15.4 Å². The molecule has 2 aromatic heterocycles. The second-order valence-corrected chi connectivity index (χ2v) is 6.48. The highest BCUT2D eigenvalue weighted by Crippen LogP contribution is 2.15. The van der Waals surface area contributed by atoms with Gasteiger partial charge in [0.15, 0.2) is 5.96 Å². The minimum atomic E-state index is 0.621. The monoisotopic (exact) mass is 332 g/mol. The Labute approximate surface area is 141 Å². The predicted octanol–water partition coefficient (Wildman–Crippen LogP) is 3.11. The third kappa shape index (κ3) is 5.56. The van der Waals surface area contributed by atoms with Crippen LogP contribution in [0.2, 0.25) is 0 Å². The van der Waals surface area contributed by atoms with Gasteiger partial charge in [0.2, 0.25) is 5.88 Å². The molecule has 0 fully saturated rings. The summed E-state index contributed by atoms with van der Waals surface area (Å²) in [7, 11) is 1.77. The number of aryl methyl sites for hydroxylation is 1. The summed E-state index contributed by atoms with van der Waals surface area (Å²) < 4.78 is 5.67. The Kier molecular flexibility index (Phi) is 6.87. The van der Waals surface area contributed by atoms with Crippen LogP contribution >= 0.6 is 11.3 Å². The van der Waals surface area contributed by atoms with E-state index < -0.39 is 0 Å². The molecular weight excluding hydrogens is 308 g/mol. The third-order valence-corrected chi connectivity index (χ3v) is 4.19. The van der Waals surface area contributed by atoms with Gasteiger partial charge in [0.1, 0.15) is 0 Å². The molecule has 0 aliphatic carbocycles. The number of thiophene rings is 1. The fourth-order valence-electron chi connectivity index (χ4n) is 2.04. The Morgan fingerprint density at radius 3 is 2.78 bits per heavy atom. The molecule has 0 aromatic carbocycles. The van der Waals surface area contributed by atoms with Crippen LogP contribution in [-0.2, 0) is 13.1 Å². The molecule has 0 atom stereocenters.